The van der Waals surface area contributed by atoms with Crippen molar-refractivity contribution in [3.63, 3.8) is 0 Å². The van der Waals surface area contributed by atoms with Gasteiger partial charge < -0.3 is 40.1 Å². The first-order valence-electron chi connectivity index (χ1n) is 15.3. The van der Waals surface area contributed by atoms with Gasteiger partial charge in [0.25, 0.3) is 0 Å². The number of nitrogens with two attached hydrogens (primary N) is 1. The molecule has 3 aromatic carbocycles. The molecule has 0 spiro atoms. The summed E-state index contributed by atoms with van der Waals surface area (Å²) in [5, 5.41) is 5.73. The summed E-state index contributed by atoms with van der Waals surface area (Å²) in [7, 11) is 4.75. The molecule has 0 unspecified atom stereocenters. The number of hydrogen-bond donors (Lipinski definition) is 3. The fraction of sp³-hybridized carbons (Fsp3) is 0.400. The summed E-state index contributed by atoms with van der Waals surface area (Å²) >= 11 is 0. The Balaban J connectivity index is 1.63. The van der Waals surface area contributed by atoms with Crippen LogP contribution in [0.4, 0.5) is 4.79 Å². The molecule has 11 heteroatoms. The van der Waals surface area contributed by atoms with E-state index in [2.05, 4.69) is 10.6 Å². The highest BCUT2D eigenvalue weighted by molar-refractivity contribution is 5.84. The van der Waals surface area contributed by atoms with Crippen molar-refractivity contribution in [1.29, 1.82) is 0 Å². The van der Waals surface area contributed by atoms with Gasteiger partial charge in [-0.15, -0.1) is 0 Å². The topological polar surface area (TPSA) is 147 Å². The van der Waals surface area contributed by atoms with Crippen LogP contribution in [-0.2, 0) is 38.7 Å². The minimum Gasteiger partial charge on any atom is -0.497 e. The van der Waals surface area contributed by atoms with Crippen molar-refractivity contribution in [3.8, 4) is 17.2 Å². The van der Waals surface area contributed by atoms with E-state index in [0.29, 0.717) is 30.9 Å². The molecule has 0 saturated carbocycles. The van der Waals surface area contributed by atoms with Crippen LogP contribution in [0.15, 0.2) is 72.8 Å². The Bertz CT molecular complexity index is 1350. The van der Waals surface area contributed by atoms with Gasteiger partial charge in [-0.05, 0) is 85.3 Å². The first kappa shape index (κ1) is 35.7. The van der Waals surface area contributed by atoms with Crippen LogP contribution in [0.3, 0.4) is 0 Å². The average Bonchev–Trinajstić information content (AvgIpc) is 3.08. The van der Waals surface area contributed by atoms with Crippen molar-refractivity contribution >= 4 is 18.0 Å². The van der Waals surface area contributed by atoms with Crippen LogP contribution in [0.1, 0.15) is 48.8 Å². The second-order valence-electron chi connectivity index (χ2n) is 10.7. The number of methoxy groups -OCH3 is 3. The van der Waals surface area contributed by atoms with E-state index in [1.54, 1.807) is 69.9 Å². The van der Waals surface area contributed by atoms with Gasteiger partial charge in [0, 0.05) is 12.5 Å². The number of hydrogen-bond acceptors (Lipinski definition) is 9. The molecule has 0 fully saturated rings. The number of unbranched alkanes of at least 4 members (excludes halogenated alkanes) is 1. The summed E-state index contributed by atoms with van der Waals surface area (Å²) in [5.41, 5.74) is 8.25. The van der Waals surface area contributed by atoms with Crippen molar-refractivity contribution < 1.29 is 38.1 Å². The minimum atomic E-state index is -1.09. The summed E-state index contributed by atoms with van der Waals surface area (Å²) in [6.45, 7) is 0.612. The van der Waals surface area contributed by atoms with Crippen molar-refractivity contribution in [2.45, 2.75) is 63.8 Å². The molecule has 2 amide bonds. The van der Waals surface area contributed by atoms with E-state index in [1.807, 2.05) is 24.3 Å². The molecule has 4 N–H and O–H groups in total. The van der Waals surface area contributed by atoms with E-state index in [0.717, 1.165) is 35.3 Å². The summed E-state index contributed by atoms with van der Waals surface area (Å²) < 4.78 is 26.5. The molecule has 0 aliphatic carbocycles. The smallest absolute Gasteiger partial charge is 0.329 e. The molecule has 0 aliphatic rings. The van der Waals surface area contributed by atoms with Gasteiger partial charge in [0.05, 0.1) is 21.3 Å². The molecular weight excluding hydrogens is 590 g/mol. The second kappa shape index (κ2) is 19.6. The Labute approximate surface area is 270 Å². The predicted octanol–water partition coefficient (Wildman–Crippen LogP) is 4.69. The molecule has 0 bridgehead atoms. The number of rotatable bonds is 19. The number of nitrogens with one attached hydrogen (secondary N) is 2. The van der Waals surface area contributed by atoms with Crippen molar-refractivity contribution in [1.82, 2.24) is 10.6 Å². The lowest BCUT2D eigenvalue weighted by Crippen LogP contribution is -2.50. The van der Waals surface area contributed by atoms with E-state index >= 15 is 0 Å². The summed E-state index contributed by atoms with van der Waals surface area (Å²) in [5.74, 6) is 0.942. The predicted molar refractivity (Wildman–Crippen MR) is 174 cm³/mol. The normalized spacial score (nSPS) is 11.9. The highest BCUT2D eigenvalue weighted by atomic mass is 16.5. The van der Waals surface area contributed by atoms with Gasteiger partial charge in [0.1, 0.15) is 36.5 Å². The van der Waals surface area contributed by atoms with Gasteiger partial charge in [-0.3, -0.25) is 4.79 Å². The number of carbonyl (C=O) groups is 3. The summed E-state index contributed by atoms with van der Waals surface area (Å²) in [6.07, 6.45) is 2.80. The molecule has 11 nitrogen and oxygen atoms in total. The highest BCUT2D eigenvalue weighted by Crippen LogP contribution is 2.16. The van der Waals surface area contributed by atoms with Crippen LogP contribution in [0, 0.1) is 0 Å². The quantitative estimate of drug-likeness (QED) is 0.126. The Morgan fingerprint density at radius 1 is 0.652 bits per heavy atom. The van der Waals surface area contributed by atoms with Crippen LogP contribution in [0.25, 0.3) is 0 Å². The summed E-state index contributed by atoms with van der Waals surface area (Å²) in [4.78, 5) is 39.0. The Hall–Kier alpha value is -4.77. The molecule has 2 atom stereocenters. The summed E-state index contributed by atoms with van der Waals surface area (Å²) in [6, 6.07) is 20.0. The molecule has 0 saturated heterocycles. The monoisotopic (exact) mass is 635 g/mol. The molecule has 0 aromatic heterocycles. The average molecular weight is 636 g/mol. The van der Waals surface area contributed by atoms with Crippen LogP contribution in [0.5, 0.6) is 17.2 Å². The van der Waals surface area contributed by atoms with E-state index in [9.17, 15) is 14.4 Å². The Kier molecular flexibility index (Phi) is 15.2. The fourth-order valence-electron chi connectivity index (χ4n) is 4.64. The third kappa shape index (κ3) is 12.7. The van der Waals surface area contributed by atoms with Crippen molar-refractivity contribution in [2.24, 2.45) is 5.73 Å². The molecular formula is C35H45N3O8. The van der Waals surface area contributed by atoms with Gasteiger partial charge in [0.15, 0.2) is 0 Å². The molecule has 0 aliphatic heterocycles. The maximum atomic E-state index is 13.2. The lowest BCUT2D eigenvalue weighted by Gasteiger charge is -2.22. The number of benzene rings is 3. The van der Waals surface area contributed by atoms with Gasteiger partial charge in [-0.25, -0.2) is 9.59 Å². The van der Waals surface area contributed by atoms with E-state index in [1.165, 1.54) is 0 Å². The standard InChI is InChI=1S/C35H45N3O8/c1-42-29-13-7-25(8-14-29)22-28(6-4-5-21-36)37-35(41)38-32(34(40)46-24-27-11-17-31(44-3)18-12-27)19-20-33(39)45-23-26-9-15-30(43-2)16-10-26/h7-18,28,32H,4-6,19-24,36H2,1-3H3,(H2,37,38,41)/t28-,32-/m0/s1. The minimum absolute atomic E-state index is 0.00731. The zero-order chi connectivity index (χ0) is 33.1. The lowest BCUT2D eigenvalue weighted by atomic mass is 10.0. The fourth-order valence-corrected chi connectivity index (χ4v) is 4.64. The molecule has 3 aromatic rings. The zero-order valence-corrected chi connectivity index (χ0v) is 26.8. The highest BCUT2D eigenvalue weighted by Gasteiger charge is 2.25. The molecule has 3 rings (SSSR count). The number of ether oxygens (including phenoxy) is 5. The first-order valence-corrected chi connectivity index (χ1v) is 15.3. The Morgan fingerprint density at radius 3 is 1.65 bits per heavy atom. The second-order valence-corrected chi connectivity index (χ2v) is 10.7. The number of esters is 2. The van der Waals surface area contributed by atoms with Gasteiger partial charge in [-0.1, -0.05) is 42.8 Å². The first-order chi connectivity index (χ1) is 22.3. The zero-order valence-electron chi connectivity index (χ0n) is 26.8. The molecule has 248 valence electrons. The third-order valence-electron chi connectivity index (χ3n) is 7.31. The van der Waals surface area contributed by atoms with Gasteiger partial charge >= 0.3 is 18.0 Å². The lowest BCUT2D eigenvalue weighted by molar-refractivity contribution is -0.148. The number of urea groups is 1. The van der Waals surface area contributed by atoms with E-state index in [-0.39, 0.29) is 32.1 Å². The van der Waals surface area contributed by atoms with Gasteiger partial charge in [-0.2, -0.15) is 0 Å². The van der Waals surface area contributed by atoms with Crippen molar-refractivity contribution in [3.05, 3.63) is 89.5 Å². The van der Waals surface area contributed by atoms with Gasteiger partial charge in [0.2, 0.25) is 0 Å². The largest absolute Gasteiger partial charge is 0.497 e. The molecule has 0 heterocycles. The van der Waals surface area contributed by atoms with E-state index in [4.69, 9.17) is 29.4 Å². The molecule has 46 heavy (non-hydrogen) atoms. The maximum Gasteiger partial charge on any atom is 0.329 e. The Morgan fingerprint density at radius 2 is 1.15 bits per heavy atom. The number of amides is 2. The maximum absolute atomic E-state index is 13.2. The SMILES string of the molecule is COc1ccc(COC(=O)CC[C@H](NC(=O)N[C@@H](CCCCN)Cc2ccc(OC)cc2)C(=O)OCc2ccc(OC)cc2)cc1. The van der Waals surface area contributed by atoms with Crippen LogP contribution < -0.4 is 30.6 Å². The molecule has 0 radical (unpaired) electrons. The van der Waals surface area contributed by atoms with Crippen LogP contribution in [0.2, 0.25) is 0 Å². The van der Waals surface area contributed by atoms with Crippen LogP contribution >= 0.6 is 0 Å². The van der Waals surface area contributed by atoms with Crippen molar-refractivity contribution in [2.75, 3.05) is 27.9 Å². The third-order valence-corrected chi connectivity index (χ3v) is 7.31. The number of carbonyl (C=O) groups excluding carboxylic acids is 3. The van der Waals surface area contributed by atoms with E-state index < -0.39 is 24.0 Å². The van der Waals surface area contributed by atoms with Crippen LogP contribution in [-0.4, -0.2) is 57.9 Å².